The van der Waals surface area contributed by atoms with Crippen LogP contribution in [0.5, 0.6) is 0 Å². The molecule has 78 valence electrons. The highest BCUT2D eigenvalue weighted by Crippen LogP contribution is 2.31. The Labute approximate surface area is 79.7 Å². The van der Waals surface area contributed by atoms with E-state index in [0.717, 1.165) is 6.07 Å². The van der Waals surface area contributed by atoms with Gasteiger partial charge in [-0.1, -0.05) is 0 Å². The molecule has 14 heavy (non-hydrogen) atoms. The normalized spacial score (nSPS) is 11.8. The summed E-state index contributed by atoms with van der Waals surface area (Å²) in [5.74, 6) is 0. The first-order chi connectivity index (χ1) is 6.45. The lowest BCUT2D eigenvalue weighted by Gasteiger charge is -2.11. The summed E-state index contributed by atoms with van der Waals surface area (Å²) in [7, 11) is 1.34. The van der Waals surface area contributed by atoms with Crippen LogP contribution in [0.3, 0.4) is 0 Å². The van der Waals surface area contributed by atoms with Gasteiger partial charge >= 0.3 is 6.18 Å². The van der Waals surface area contributed by atoms with Crippen molar-refractivity contribution in [2.24, 2.45) is 0 Å². The van der Waals surface area contributed by atoms with Crippen LogP contribution >= 0.6 is 0 Å². The van der Waals surface area contributed by atoms with E-state index < -0.39 is 11.7 Å². The summed E-state index contributed by atoms with van der Waals surface area (Å²) < 4.78 is 42.0. The highest BCUT2D eigenvalue weighted by atomic mass is 19.4. The molecule has 0 aliphatic rings. The first kappa shape index (κ1) is 11.0. The van der Waals surface area contributed by atoms with E-state index in [1.807, 2.05) is 0 Å². The summed E-state index contributed by atoms with van der Waals surface area (Å²) in [5, 5.41) is 0. The average Bonchev–Trinajstić information content (AvgIpc) is 2.07. The maximum Gasteiger partial charge on any atom is 0.418 e. The molecule has 0 unspecified atom stereocenters. The zero-order valence-corrected chi connectivity index (χ0v) is 7.85. The van der Waals surface area contributed by atoms with Gasteiger partial charge in [-0.2, -0.15) is 13.2 Å². The Morgan fingerprint density at radius 3 is 2.57 bits per heavy atom. The number of alkyl halides is 3. The summed E-state index contributed by atoms with van der Waals surface area (Å²) in [6, 6.07) is 1.07. The van der Waals surface area contributed by atoms with Crippen LogP contribution in [0.4, 0.5) is 13.2 Å². The molecule has 0 radical (unpaired) electrons. The minimum Gasteiger partial charge on any atom is -0.378 e. The van der Waals surface area contributed by atoms with E-state index in [0.29, 0.717) is 5.56 Å². The monoisotopic (exact) mass is 205 g/mol. The van der Waals surface area contributed by atoms with E-state index in [1.54, 1.807) is 6.92 Å². The maximum absolute atomic E-state index is 12.5. The van der Waals surface area contributed by atoms with Crippen molar-refractivity contribution in [3.05, 3.63) is 29.1 Å². The van der Waals surface area contributed by atoms with Crippen molar-refractivity contribution < 1.29 is 17.9 Å². The lowest BCUT2D eigenvalue weighted by atomic mass is 10.1. The standard InChI is InChI=1S/C9H10F3NO/c1-6-3-7(9(10,11)12)8(5-14-2)13-4-6/h3-4H,5H2,1-2H3. The molecule has 0 amide bonds. The fourth-order valence-corrected chi connectivity index (χ4v) is 1.09. The molecule has 0 aliphatic heterocycles. The van der Waals surface area contributed by atoms with Gasteiger partial charge in [0.2, 0.25) is 0 Å². The van der Waals surface area contributed by atoms with Gasteiger partial charge in [-0.25, -0.2) is 0 Å². The van der Waals surface area contributed by atoms with Crippen molar-refractivity contribution in [1.29, 1.82) is 0 Å². The van der Waals surface area contributed by atoms with Gasteiger partial charge in [0.25, 0.3) is 0 Å². The van der Waals surface area contributed by atoms with E-state index in [9.17, 15) is 13.2 Å². The van der Waals surface area contributed by atoms with Crippen LogP contribution in [0.1, 0.15) is 16.8 Å². The predicted octanol–water partition coefficient (Wildman–Crippen LogP) is 2.56. The summed E-state index contributed by atoms with van der Waals surface area (Å²) in [6.45, 7) is 1.44. The fourth-order valence-electron chi connectivity index (χ4n) is 1.09. The van der Waals surface area contributed by atoms with Crippen molar-refractivity contribution in [2.75, 3.05) is 7.11 Å². The molecule has 0 aromatic carbocycles. The molecule has 1 aromatic rings. The second-order valence-corrected chi connectivity index (χ2v) is 2.94. The number of aryl methyl sites for hydroxylation is 1. The molecule has 0 saturated heterocycles. The number of pyridine rings is 1. The van der Waals surface area contributed by atoms with E-state index in [4.69, 9.17) is 0 Å². The zero-order chi connectivity index (χ0) is 10.8. The number of halogens is 3. The van der Waals surface area contributed by atoms with Crippen molar-refractivity contribution in [1.82, 2.24) is 4.98 Å². The predicted molar refractivity (Wildman–Crippen MR) is 44.7 cm³/mol. The molecule has 0 fully saturated rings. The molecule has 1 rings (SSSR count). The number of methoxy groups -OCH3 is 1. The summed E-state index contributed by atoms with van der Waals surface area (Å²) in [4.78, 5) is 3.69. The third kappa shape index (κ3) is 2.45. The molecule has 0 aliphatic carbocycles. The van der Waals surface area contributed by atoms with Crippen LogP contribution in [0.2, 0.25) is 0 Å². The van der Waals surface area contributed by atoms with Gasteiger partial charge in [-0.05, 0) is 18.6 Å². The van der Waals surface area contributed by atoms with E-state index in [-0.39, 0.29) is 12.3 Å². The van der Waals surface area contributed by atoms with Gasteiger partial charge in [0.05, 0.1) is 17.9 Å². The van der Waals surface area contributed by atoms with Crippen LogP contribution in [0.15, 0.2) is 12.3 Å². The van der Waals surface area contributed by atoms with Crippen LogP contribution in [-0.2, 0) is 17.5 Å². The zero-order valence-electron chi connectivity index (χ0n) is 7.85. The third-order valence-corrected chi connectivity index (χ3v) is 1.69. The Morgan fingerprint density at radius 1 is 1.43 bits per heavy atom. The highest BCUT2D eigenvalue weighted by molar-refractivity contribution is 5.26. The minimum absolute atomic E-state index is 0.0781. The van der Waals surface area contributed by atoms with Gasteiger partial charge in [0.1, 0.15) is 0 Å². The summed E-state index contributed by atoms with van der Waals surface area (Å²) in [5.41, 5.74) is -0.317. The van der Waals surface area contributed by atoms with Gasteiger partial charge < -0.3 is 4.74 Å². The molecule has 0 saturated carbocycles. The summed E-state index contributed by atoms with van der Waals surface area (Å²) >= 11 is 0. The molecule has 0 spiro atoms. The van der Waals surface area contributed by atoms with E-state index in [2.05, 4.69) is 9.72 Å². The maximum atomic E-state index is 12.5. The molecule has 1 heterocycles. The number of hydrogen-bond donors (Lipinski definition) is 0. The van der Waals surface area contributed by atoms with Gasteiger partial charge in [-0.3, -0.25) is 4.98 Å². The fraction of sp³-hybridized carbons (Fsp3) is 0.444. The topological polar surface area (TPSA) is 22.1 Å². The minimum atomic E-state index is -4.37. The molecule has 0 N–H and O–H groups in total. The van der Waals surface area contributed by atoms with Crippen molar-refractivity contribution in [3.63, 3.8) is 0 Å². The van der Waals surface area contributed by atoms with Gasteiger partial charge in [-0.15, -0.1) is 0 Å². The van der Waals surface area contributed by atoms with Crippen LogP contribution < -0.4 is 0 Å². The summed E-state index contributed by atoms with van der Waals surface area (Å²) in [6.07, 6.45) is -2.98. The Kier molecular flexibility index (Phi) is 3.10. The Morgan fingerprint density at radius 2 is 2.07 bits per heavy atom. The molecular weight excluding hydrogens is 195 g/mol. The smallest absolute Gasteiger partial charge is 0.378 e. The lowest BCUT2D eigenvalue weighted by Crippen LogP contribution is -2.11. The number of nitrogens with zero attached hydrogens (tertiary/aromatic N) is 1. The molecule has 0 atom stereocenters. The van der Waals surface area contributed by atoms with Crippen LogP contribution in [-0.4, -0.2) is 12.1 Å². The molecular formula is C9H10F3NO. The Bertz CT molecular complexity index is 322. The van der Waals surface area contributed by atoms with Crippen molar-refractivity contribution in [3.8, 4) is 0 Å². The molecule has 5 heteroatoms. The Balaban J connectivity index is 3.16. The number of aromatic nitrogens is 1. The van der Waals surface area contributed by atoms with Crippen molar-refractivity contribution in [2.45, 2.75) is 19.7 Å². The first-order valence-electron chi connectivity index (χ1n) is 3.97. The van der Waals surface area contributed by atoms with Crippen LogP contribution in [0, 0.1) is 6.92 Å². The van der Waals surface area contributed by atoms with Crippen molar-refractivity contribution >= 4 is 0 Å². The lowest BCUT2D eigenvalue weighted by molar-refractivity contribution is -0.139. The average molecular weight is 205 g/mol. The molecule has 2 nitrogen and oxygen atoms in total. The van der Waals surface area contributed by atoms with Gasteiger partial charge in [0.15, 0.2) is 0 Å². The molecule has 1 aromatic heterocycles. The van der Waals surface area contributed by atoms with Crippen LogP contribution in [0.25, 0.3) is 0 Å². The van der Waals surface area contributed by atoms with Gasteiger partial charge in [0, 0.05) is 13.3 Å². The SMILES string of the molecule is COCc1ncc(C)cc1C(F)(F)F. The largest absolute Gasteiger partial charge is 0.418 e. The second kappa shape index (κ2) is 3.96. The number of rotatable bonds is 2. The van der Waals surface area contributed by atoms with E-state index in [1.165, 1.54) is 13.3 Å². The first-order valence-corrected chi connectivity index (χ1v) is 3.97. The third-order valence-electron chi connectivity index (χ3n) is 1.69. The molecule has 0 bridgehead atoms. The highest BCUT2D eigenvalue weighted by Gasteiger charge is 2.34. The second-order valence-electron chi connectivity index (χ2n) is 2.94. The number of ether oxygens (including phenoxy) is 1. The Hall–Kier alpha value is -1.10. The number of hydrogen-bond acceptors (Lipinski definition) is 2. The van der Waals surface area contributed by atoms with E-state index >= 15 is 0 Å². The quantitative estimate of drug-likeness (QED) is 0.740.